The van der Waals surface area contributed by atoms with Gasteiger partial charge in [0.25, 0.3) is 0 Å². The predicted molar refractivity (Wildman–Crippen MR) is 54.2 cm³/mol. The molecule has 1 aromatic heterocycles. The Kier molecular flexibility index (Phi) is 2.93. The number of pyridine rings is 1. The average Bonchev–Trinajstić information content (AvgIpc) is 2.44. The first-order valence-corrected chi connectivity index (χ1v) is 4.86. The summed E-state index contributed by atoms with van der Waals surface area (Å²) in [6, 6.07) is 3.84. The Balaban J connectivity index is 2.09. The highest BCUT2D eigenvalue weighted by atomic mass is 19.1. The second-order valence-corrected chi connectivity index (χ2v) is 3.46. The van der Waals surface area contributed by atoms with Crippen molar-refractivity contribution in [2.24, 2.45) is 0 Å². The fourth-order valence-electron chi connectivity index (χ4n) is 1.64. The molecule has 4 heteroatoms. The molecule has 14 heavy (non-hydrogen) atoms. The van der Waals surface area contributed by atoms with Crippen LogP contribution in [0.2, 0.25) is 0 Å². The summed E-state index contributed by atoms with van der Waals surface area (Å²) in [7, 11) is 0. The predicted octanol–water partition coefficient (Wildman–Crippen LogP) is 0.829. The third kappa shape index (κ3) is 2.20. The van der Waals surface area contributed by atoms with Crippen molar-refractivity contribution in [1.82, 2.24) is 10.3 Å². The largest absolute Gasteiger partial charge is 0.366 e. The highest BCUT2D eigenvalue weighted by Crippen LogP contribution is 2.13. The molecule has 1 atom stereocenters. The molecule has 1 unspecified atom stereocenters. The van der Waals surface area contributed by atoms with Crippen molar-refractivity contribution < 1.29 is 4.39 Å². The van der Waals surface area contributed by atoms with Gasteiger partial charge in [0.05, 0.1) is 18.4 Å². The summed E-state index contributed by atoms with van der Waals surface area (Å²) in [5.74, 6) is 0. The van der Waals surface area contributed by atoms with Crippen LogP contribution in [0.25, 0.3) is 0 Å². The highest BCUT2D eigenvalue weighted by Gasteiger charge is 2.16. The first-order chi connectivity index (χ1) is 6.86. The van der Waals surface area contributed by atoms with E-state index in [2.05, 4.69) is 10.3 Å². The summed E-state index contributed by atoms with van der Waals surface area (Å²) in [4.78, 5) is 6.06. The number of alkyl halides is 1. The number of halogens is 1. The molecule has 76 valence electrons. The average molecular weight is 195 g/mol. The van der Waals surface area contributed by atoms with Gasteiger partial charge in [0.15, 0.2) is 0 Å². The standard InChI is InChI=1S/C10H14FN3/c11-9-6-13-4-5-14(8-9)10-2-1-3-12-7-10/h1-3,7,9,13H,4-6,8H2. The van der Waals surface area contributed by atoms with Crippen LogP contribution in [-0.2, 0) is 0 Å². The van der Waals surface area contributed by atoms with Crippen LogP contribution >= 0.6 is 0 Å². The molecule has 1 fully saturated rings. The molecule has 0 amide bonds. The minimum Gasteiger partial charge on any atom is -0.366 e. The Labute approximate surface area is 82.9 Å². The molecule has 1 aliphatic rings. The van der Waals surface area contributed by atoms with Gasteiger partial charge < -0.3 is 10.2 Å². The molecule has 2 heterocycles. The topological polar surface area (TPSA) is 28.2 Å². The van der Waals surface area contributed by atoms with Crippen LogP contribution in [0.15, 0.2) is 24.5 Å². The van der Waals surface area contributed by atoms with Crippen molar-refractivity contribution in [2.45, 2.75) is 6.17 Å². The third-order valence-electron chi connectivity index (χ3n) is 2.35. The Morgan fingerprint density at radius 2 is 2.50 bits per heavy atom. The fourth-order valence-corrected chi connectivity index (χ4v) is 1.64. The van der Waals surface area contributed by atoms with E-state index >= 15 is 0 Å². The van der Waals surface area contributed by atoms with E-state index in [1.165, 1.54) is 0 Å². The fraction of sp³-hybridized carbons (Fsp3) is 0.500. The Morgan fingerprint density at radius 1 is 1.57 bits per heavy atom. The van der Waals surface area contributed by atoms with Crippen LogP contribution in [-0.4, -0.2) is 37.3 Å². The number of rotatable bonds is 1. The number of aromatic nitrogens is 1. The normalized spacial score (nSPS) is 23.2. The second kappa shape index (κ2) is 4.37. The van der Waals surface area contributed by atoms with Gasteiger partial charge in [0.2, 0.25) is 0 Å². The lowest BCUT2D eigenvalue weighted by molar-refractivity contribution is 0.337. The summed E-state index contributed by atoms with van der Waals surface area (Å²) >= 11 is 0. The van der Waals surface area contributed by atoms with Crippen LogP contribution in [0.3, 0.4) is 0 Å². The minimum atomic E-state index is -0.794. The Bertz CT molecular complexity index is 278. The van der Waals surface area contributed by atoms with Crippen LogP contribution in [0.5, 0.6) is 0 Å². The molecule has 1 saturated heterocycles. The molecule has 1 aliphatic heterocycles. The van der Waals surface area contributed by atoms with Crippen molar-refractivity contribution >= 4 is 5.69 Å². The van der Waals surface area contributed by atoms with Gasteiger partial charge >= 0.3 is 0 Å². The van der Waals surface area contributed by atoms with Crippen molar-refractivity contribution in [3.63, 3.8) is 0 Å². The van der Waals surface area contributed by atoms with Crippen LogP contribution in [0, 0.1) is 0 Å². The molecule has 0 aromatic carbocycles. The number of nitrogens with zero attached hydrogens (tertiary/aromatic N) is 2. The highest BCUT2D eigenvalue weighted by molar-refractivity contribution is 5.43. The minimum absolute atomic E-state index is 0.455. The Hall–Kier alpha value is -1.16. The van der Waals surface area contributed by atoms with E-state index < -0.39 is 6.17 Å². The van der Waals surface area contributed by atoms with E-state index in [1.54, 1.807) is 12.4 Å². The van der Waals surface area contributed by atoms with E-state index in [-0.39, 0.29) is 0 Å². The van der Waals surface area contributed by atoms with E-state index in [9.17, 15) is 4.39 Å². The molecule has 0 bridgehead atoms. The van der Waals surface area contributed by atoms with E-state index in [4.69, 9.17) is 0 Å². The van der Waals surface area contributed by atoms with Gasteiger partial charge in [-0.25, -0.2) is 4.39 Å². The van der Waals surface area contributed by atoms with E-state index in [1.807, 2.05) is 17.0 Å². The summed E-state index contributed by atoms with van der Waals surface area (Å²) in [5.41, 5.74) is 0.999. The summed E-state index contributed by atoms with van der Waals surface area (Å²) in [6.07, 6.45) is 2.71. The van der Waals surface area contributed by atoms with Crippen molar-refractivity contribution in [2.75, 3.05) is 31.1 Å². The van der Waals surface area contributed by atoms with Gasteiger partial charge in [0.1, 0.15) is 6.17 Å². The van der Waals surface area contributed by atoms with Gasteiger partial charge in [-0.1, -0.05) is 0 Å². The van der Waals surface area contributed by atoms with Crippen LogP contribution in [0.4, 0.5) is 10.1 Å². The second-order valence-electron chi connectivity index (χ2n) is 3.46. The molecule has 2 rings (SSSR count). The number of anilines is 1. The lowest BCUT2D eigenvalue weighted by Gasteiger charge is -2.22. The van der Waals surface area contributed by atoms with Crippen molar-refractivity contribution in [3.8, 4) is 0 Å². The summed E-state index contributed by atoms with van der Waals surface area (Å²) in [5, 5.41) is 3.06. The maximum absolute atomic E-state index is 13.3. The van der Waals surface area contributed by atoms with Gasteiger partial charge in [-0.3, -0.25) is 4.98 Å². The molecular formula is C10H14FN3. The molecule has 1 N–H and O–H groups in total. The first-order valence-electron chi connectivity index (χ1n) is 4.86. The van der Waals surface area contributed by atoms with E-state index in [0.717, 1.165) is 18.8 Å². The monoisotopic (exact) mass is 195 g/mol. The molecule has 0 radical (unpaired) electrons. The third-order valence-corrected chi connectivity index (χ3v) is 2.35. The first kappa shape index (κ1) is 9.40. The number of hydrogen-bond donors (Lipinski definition) is 1. The Morgan fingerprint density at radius 3 is 3.29 bits per heavy atom. The SMILES string of the molecule is FC1CNCCN(c2cccnc2)C1. The zero-order valence-electron chi connectivity index (χ0n) is 7.99. The lowest BCUT2D eigenvalue weighted by Crippen LogP contribution is -2.30. The maximum Gasteiger partial charge on any atom is 0.130 e. The molecule has 0 aliphatic carbocycles. The molecular weight excluding hydrogens is 181 g/mol. The van der Waals surface area contributed by atoms with Crippen LogP contribution < -0.4 is 10.2 Å². The lowest BCUT2D eigenvalue weighted by atomic mass is 10.3. The quantitative estimate of drug-likeness (QED) is 0.719. The van der Waals surface area contributed by atoms with Crippen molar-refractivity contribution in [1.29, 1.82) is 0 Å². The zero-order chi connectivity index (χ0) is 9.80. The van der Waals surface area contributed by atoms with E-state index in [0.29, 0.717) is 13.1 Å². The smallest absolute Gasteiger partial charge is 0.130 e. The van der Waals surface area contributed by atoms with Crippen molar-refractivity contribution in [3.05, 3.63) is 24.5 Å². The zero-order valence-corrected chi connectivity index (χ0v) is 7.99. The molecule has 0 saturated carbocycles. The number of hydrogen-bond acceptors (Lipinski definition) is 3. The van der Waals surface area contributed by atoms with Crippen LogP contribution in [0.1, 0.15) is 0 Å². The number of nitrogens with one attached hydrogen (secondary N) is 1. The van der Waals surface area contributed by atoms with Gasteiger partial charge in [0, 0.05) is 25.8 Å². The molecule has 1 aromatic rings. The molecule has 0 spiro atoms. The van der Waals surface area contributed by atoms with Gasteiger partial charge in [-0.2, -0.15) is 0 Å². The molecule has 3 nitrogen and oxygen atoms in total. The maximum atomic E-state index is 13.3. The summed E-state index contributed by atoms with van der Waals surface area (Å²) < 4.78 is 13.3. The summed E-state index contributed by atoms with van der Waals surface area (Å²) in [6.45, 7) is 2.58. The van der Waals surface area contributed by atoms with Gasteiger partial charge in [-0.15, -0.1) is 0 Å². The van der Waals surface area contributed by atoms with Gasteiger partial charge in [-0.05, 0) is 12.1 Å².